The van der Waals surface area contributed by atoms with Crippen LogP contribution >= 0.6 is 11.3 Å². The van der Waals surface area contributed by atoms with Gasteiger partial charge in [0.15, 0.2) is 15.0 Å². The average molecular weight is 460 g/mol. The zero-order valence-electron chi connectivity index (χ0n) is 18.7. The SMILES string of the molecule is CCN(CC)CCN(C(=O)c1cccc(S(C)(=O)=O)c1)c1nc2c(C)ccc(C)c2s1. The standard InChI is InChI=1S/C23H29N3O3S2/c1-6-25(7-2)13-14-26(22(27)18-9-8-10-19(15-18)31(5,28)29)23-24-20-16(3)11-12-17(4)21(20)30-23/h8-12,15H,6-7,13-14H2,1-5H3. The number of sulfone groups is 1. The van der Waals surface area contributed by atoms with E-state index in [2.05, 4.69) is 24.8 Å². The fourth-order valence-electron chi connectivity index (χ4n) is 3.44. The molecule has 1 aromatic heterocycles. The van der Waals surface area contributed by atoms with Crippen molar-refractivity contribution in [3.8, 4) is 0 Å². The number of nitrogens with zero attached hydrogens (tertiary/aromatic N) is 3. The Morgan fingerprint density at radius 1 is 1.03 bits per heavy atom. The van der Waals surface area contributed by atoms with Gasteiger partial charge in [0.1, 0.15) is 0 Å². The largest absolute Gasteiger partial charge is 0.302 e. The predicted octanol–water partition coefficient (Wildman–Crippen LogP) is 4.31. The number of aromatic nitrogens is 1. The number of fused-ring (bicyclic) bond motifs is 1. The Hall–Kier alpha value is -2.29. The van der Waals surface area contributed by atoms with Crippen LogP contribution in [0.25, 0.3) is 10.2 Å². The summed E-state index contributed by atoms with van der Waals surface area (Å²) in [5, 5.41) is 0.634. The summed E-state index contributed by atoms with van der Waals surface area (Å²) in [5.74, 6) is -0.244. The van der Waals surface area contributed by atoms with E-state index in [1.807, 2.05) is 19.9 Å². The lowest BCUT2D eigenvalue weighted by atomic mass is 10.1. The third-order valence-corrected chi connectivity index (χ3v) is 7.77. The summed E-state index contributed by atoms with van der Waals surface area (Å²) in [5.41, 5.74) is 3.44. The van der Waals surface area contributed by atoms with Gasteiger partial charge in [0.25, 0.3) is 5.91 Å². The Kier molecular flexibility index (Phi) is 7.13. The van der Waals surface area contributed by atoms with Crippen molar-refractivity contribution in [3.05, 3.63) is 53.1 Å². The molecule has 0 saturated heterocycles. The van der Waals surface area contributed by atoms with Gasteiger partial charge in [0.2, 0.25) is 0 Å². The van der Waals surface area contributed by atoms with E-state index in [0.29, 0.717) is 23.8 Å². The van der Waals surface area contributed by atoms with Crippen LogP contribution in [0.3, 0.4) is 0 Å². The highest BCUT2D eigenvalue weighted by atomic mass is 32.2. The van der Waals surface area contributed by atoms with E-state index in [1.54, 1.807) is 17.0 Å². The molecular weight excluding hydrogens is 430 g/mol. The van der Waals surface area contributed by atoms with Crippen LogP contribution in [-0.2, 0) is 9.84 Å². The van der Waals surface area contributed by atoms with Crippen LogP contribution in [0.5, 0.6) is 0 Å². The predicted molar refractivity (Wildman–Crippen MR) is 128 cm³/mol. The molecule has 0 N–H and O–H groups in total. The van der Waals surface area contributed by atoms with Crippen molar-refractivity contribution >= 4 is 42.4 Å². The zero-order valence-corrected chi connectivity index (χ0v) is 20.3. The Morgan fingerprint density at radius 3 is 2.32 bits per heavy atom. The molecule has 0 aliphatic heterocycles. The summed E-state index contributed by atoms with van der Waals surface area (Å²) < 4.78 is 25.1. The van der Waals surface area contributed by atoms with Gasteiger partial charge in [-0.2, -0.15) is 0 Å². The number of amides is 1. The number of likely N-dealkylation sites (N-methyl/N-ethyl adjacent to an activating group) is 1. The molecule has 2 aromatic carbocycles. The maximum absolute atomic E-state index is 13.5. The van der Waals surface area contributed by atoms with Crippen LogP contribution in [0.15, 0.2) is 41.3 Å². The van der Waals surface area contributed by atoms with E-state index in [0.717, 1.165) is 40.7 Å². The normalized spacial score (nSPS) is 11.9. The molecular formula is C23H29N3O3S2. The Balaban J connectivity index is 2.06. The van der Waals surface area contributed by atoms with Crippen molar-refractivity contribution in [2.75, 3.05) is 37.3 Å². The molecule has 3 rings (SSSR count). The fraction of sp³-hybridized carbons (Fsp3) is 0.391. The van der Waals surface area contributed by atoms with Gasteiger partial charge in [0, 0.05) is 24.9 Å². The molecule has 166 valence electrons. The molecule has 6 nitrogen and oxygen atoms in total. The van der Waals surface area contributed by atoms with Crippen molar-refractivity contribution < 1.29 is 13.2 Å². The molecule has 31 heavy (non-hydrogen) atoms. The van der Waals surface area contributed by atoms with Crippen molar-refractivity contribution in [1.29, 1.82) is 0 Å². The number of carbonyl (C=O) groups excluding carboxylic acids is 1. The third kappa shape index (κ3) is 5.14. The van der Waals surface area contributed by atoms with E-state index >= 15 is 0 Å². The minimum absolute atomic E-state index is 0.137. The molecule has 0 aliphatic rings. The molecule has 8 heteroatoms. The van der Waals surface area contributed by atoms with Gasteiger partial charge in [-0.1, -0.05) is 43.4 Å². The highest BCUT2D eigenvalue weighted by Crippen LogP contribution is 2.33. The summed E-state index contributed by atoms with van der Waals surface area (Å²) in [4.78, 5) is 22.4. The first-order chi connectivity index (χ1) is 14.7. The molecule has 0 atom stereocenters. The second-order valence-corrected chi connectivity index (χ2v) is 10.7. The molecule has 0 saturated carbocycles. The van der Waals surface area contributed by atoms with Gasteiger partial charge >= 0.3 is 0 Å². The first-order valence-electron chi connectivity index (χ1n) is 10.4. The lowest BCUT2D eigenvalue weighted by molar-refractivity contribution is 0.0983. The Morgan fingerprint density at radius 2 is 1.71 bits per heavy atom. The van der Waals surface area contributed by atoms with Crippen molar-refractivity contribution in [2.45, 2.75) is 32.6 Å². The second-order valence-electron chi connectivity index (χ2n) is 7.66. The highest BCUT2D eigenvalue weighted by molar-refractivity contribution is 7.90. The fourth-order valence-corrected chi connectivity index (χ4v) is 5.25. The Labute approximate surface area is 188 Å². The average Bonchev–Trinajstić information content (AvgIpc) is 3.19. The molecule has 1 amide bonds. The number of thiazole rings is 1. The van der Waals surface area contributed by atoms with E-state index in [4.69, 9.17) is 4.98 Å². The molecule has 1 heterocycles. The van der Waals surface area contributed by atoms with Gasteiger partial charge < -0.3 is 4.90 Å². The summed E-state index contributed by atoms with van der Waals surface area (Å²) in [6, 6.07) is 10.3. The maximum Gasteiger partial charge on any atom is 0.260 e. The summed E-state index contributed by atoms with van der Waals surface area (Å²) >= 11 is 1.50. The zero-order chi connectivity index (χ0) is 22.8. The van der Waals surface area contributed by atoms with E-state index in [9.17, 15) is 13.2 Å². The monoisotopic (exact) mass is 459 g/mol. The summed E-state index contributed by atoms with van der Waals surface area (Å²) in [7, 11) is -3.41. The lowest BCUT2D eigenvalue weighted by Gasteiger charge is -2.25. The summed E-state index contributed by atoms with van der Waals surface area (Å²) in [6.07, 6.45) is 1.15. The van der Waals surface area contributed by atoms with Crippen LogP contribution in [0, 0.1) is 13.8 Å². The molecule has 0 bridgehead atoms. The van der Waals surface area contributed by atoms with E-state index in [-0.39, 0.29) is 10.8 Å². The minimum atomic E-state index is -3.41. The number of rotatable bonds is 8. The molecule has 3 aromatic rings. The molecule has 0 radical (unpaired) electrons. The molecule has 0 fully saturated rings. The van der Waals surface area contributed by atoms with E-state index in [1.165, 1.54) is 23.5 Å². The molecule has 0 spiro atoms. The van der Waals surface area contributed by atoms with Crippen LogP contribution in [0.4, 0.5) is 5.13 Å². The number of carbonyl (C=O) groups is 1. The quantitative estimate of drug-likeness (QED) is 0.502. The van der Waals surface area contributed by atoms with Gasteiger partial charge in [-0.05, 0) is 56.3 Å². The second kappa shape index (κ2) is 9.46. The smallest absolute Gasteiger partial charge is 0.260 e. The maximum atomic E-state index is 13.5. The van der Waals surface area contributed by atoms with Crippen LogP contribution in [-0.4, -0.2) is 56.6 Å². The first kappa shape index (κ1) is 23.4. The molecule has 0 aliphatic carbocycles. The number of aryl methyl sites for hydroxylation is 2. The van der Waals surface area contributed by atoms with Gasteiger partial charge in [-0.3, -0.25) is 9.69 Å². The lowest BCUT2D eigenvalue weighted by Crippen LogP contribution is -2.39. The molecule has 0 unspecified atom stereocenters. The Bertz CT molecular complexity index is 1160. The van der Waals surface area contributed by atoms with Crippen molar-refractivity contribution in [3.63, 3.8) is 0 Å². The summed E-state index contributed by atoms with van der Waals surface area (Å²) in [6.45, 7) is 11.2. The van der Waals surface area contributed by atoms with Crippen LogP contribution in [0.2, 0.25) is 0 Å². The van der Waals surface area contributed by atoms with Gasteiger partial charge in [0.05, 0.1) is 15.1 Å². The number of benzene rings is 2. The van der Waals surface area contributed by atoms with Crippen molar-refractivity contribution in [1.82, 2.24) is 9.88 Å². The van der Waals surface area contributed by atoms with E-state index < -0.39 is 9.84 Å². The van der Waals surface area contributed by atoms with Gasteiger partial charge in [-0.15, -0.1) is 0 Å². The first-order valence-corrected chi connectivity index (χ1v) is 13.1. The minimum Gasteiger partial charge on any atom is -0.302 e. The van der Waals surface area contributed by atoms with Gasteiger partial charge in [-0.25, -0.2) is 13.4 Å². The van der Waals surface area contributed by atoms with Crippen molar-refractivity contribution in [2.24, 2.45) is 0 Å². The number of hydrogen-bond donors (Lipinski definition) is 0. The topological polar surface area (TPSA) is 70.6 Å². The van der Waals surface area contributed by atoms with Crippen LogP contribution < -0.4 is 4.90 Å². The third-order valence-electron chi connectivity index (χ3n) is 5.45. The highest BCUT2D eigenvalue weighted by Gasteiger charge is 2.23. The number of hydrogen-bond acceptors (Lipinski definition) is 6. The van der Waals surface area contributed by atoms with Crippen LogP contribution in [0.1, 0.15) is 35.3 Å². The number of anilines is 1.